The zero-order valence-electron chi connectivity index (χ0n) is 11.7. The molecular formula is C16H19N3O. The van der Waals surface area contributed by atoms with Gasteiger partial charge in [-0.15, -0.1) is 0 Å². The minimum atomic E-state index is 0.360. The average molecular weight is 269 g/mol. The van der Waals surface area contributed by atoms with E-state index < -0.39 is 0 Å². The molecule has 0 spiro atoms. The number of aliphatic imine (C=N–C) groups is 1. The number of aromatic nitrogens is 2. The summed E-state index contributed by atoms with van der Waals surface area (Å²) < 4.78 is 5.56. The SMILES string of the molecule is CCCC/C=N/c1ccnc(OCc2ccccc2)n1. The summed E-state index contributed by atoms with van der Waals surface area (Å²) in [6.45, 7) is 2.62. The molecule has 4 nitrogen and oxygen atoms in total. The Kier molecular flexibility index (Phi) is 5.71. The smallest absolute Gasteiger partial charge is 0.318 e. The van der Waals surface area contributed by atoms with Gasteiger partial charge in [-0.1, -0.05) is 43.7 Å². The van der Waals surface area contributed by atoms with E-state index in [1.54, 1.807) is 12.3 Å². The second kappa shape index (κ2) is 8.04. The van der Waals surface area contributed by atoms with Crippen molar-refractivity contribution in [3.63, 3.8) is 0 Å². The summed E-state index contributed by atoms with van der Waals surface area (Å²) in [6.07, 6.45) is 6.85. The Bertz CT molecular complexity index is 540. The Morgan fingerprint density at radius 1 is 1.20 bits per heavy atom. The maximum Gasteiger partial charge on any atom is 0.318 e. The molecule has 0 bridgehead atoms. The molecule has 0 N–H and O–H groups in total. The fourth-order valence-corrected chi connectivity index (χ4v) is 1.65. The molecular weight excluding hydrogens is 250 g/mol. The van der Waals surface area contributed by atoms with Gasteiger partial charge in [0.1, 0.15) is 6.61 Å². The lowest BCUT2D eigenvalue weighted by atomic mass is 10.2. The molecule has 1 aromatic carbocycles. The van der Waals surface area contributed by atoms with Crippen LogP contribution in [0.4, 0.5) is 5.82 Å². The maximum atomic E-state index is 5.56. The second-order valence-electron chi connectivity index (χ2n) is 4.43. The molecule has 2 aromatic rings. The molecule has 20 heavy (non-hydrogen) atoms. The van der Waals surface area contributed by atoms with Crippen molar-refractivity contribution in [2.24, 2.45) is 4.99 Å². The fraction of sp³-hybridized carbons (Fsp3) is 0.312. The van der Waals surface area contributed by atoms with E-state index in [0.29, 0.717) is 18.4 Å². The Morgan fingerprint density at radius 2 is 2.05 bits per heavy atom. The van der Waals surface area contributed by atoms with Crippen LogP contribution >= 0.6 is 0 Å². The molecule has 0 aliphatic heterocycles. The van der Waals surface area contributed by atoms with E-state index in [2.05, 4.69) is 21.9 Å². The number of rotatable bonds is 7. The van der Waals surface area contributed by atoms with Gasteiger partial charge in [-0.05, 0) is 18.4 Å². The number of hydrogen-bond acceptors (Lipinski definition) is 4. The molecule has 2 rings (SSSR count). The molecule has 1 heterocycles. The van der Waals surface area contributed by atoms with E-state index in [4.69, 9.17) is 4.74 Å². The summed E-state index contributed by atoms with van der Waals surface area (Å²) in [5, 5.41) is 0. The largest absolute Gasteiger partial charge is 0.459 e. The first-order valence-electron chi connectivity index (χ1n) is 6.91. The molecule has 0 unspecified atom stereocenters. The van der Waals surface area contributed by atoms with Crippen molar-refractivity contribution in [3.8, 4) is 6.01 Å². The van der Waals surface area contributed by atoms with E-state index in [1.165, 1.54) is 6.42 Å². The van der Waals surface area contributed by atoms with E-state index in [1.807, 2.05) is 36.5 Å². The quantitative estimate of drug-likeness (QED) is 0.565. The monoisotopic (exact) mass is 269 g/mol. The minimum Gasteiger partial charge on any atom is -0.459 e. The molecule has 0 radical (unpaired) electrons. The molecule has 4 heteroatoms. The van der Waals surface area contributed by atoms with Gasteiger partial charge in [0, 0.05) is 18.5 Å². The van der Waals surface area contributed by atoms with Crippen molar-refractivity contribution in [2.45, 2.75) is 32.8 Å². The van der Waals surface area contributed by atoms with E-state index in [-0.39, 0.29) is 0 Å². The van der Waals surface area contributed by atoms with Gasteiger partial charge in [0.25, 0.3) is 0 Å². The zero-order chi connectivity index (χ0) is 14.0. The first-order chi connectivity index (χ1) is 9.88. The molecule has 0 aliphatic rings. The molecule has 0 saturated heterocycles. The van der Waals surface area contributed by atoms with Crippen molar-refractivity contribution in [1.29, 1.82) is 0 Å². The highest BCUT2D eigenvalue weighted by molar-refractivity contribution is 5.61. The summed E-state index contributed by atoms with van der Waals surface area (Å²) in [5.41, 5.74) is 1.09. The van der Waals surface area contributed by atoms with Crippen LogP contribution in [-0.4, -0.2) is 16.2 Å². The van der Waals surface area contributed by atoms with Crippen LogP contribution in [-0.2, 0) is 6.61 Å². The summed E-state index contributed by atoms with van der Waals surface area (Å²) in [7, 11) is 0. The molecule has 104 valence electrons. The predicted octanol–water partition coefficient (Wildman–Crippen LogP) is 3.95. The lowest BCUT2D eigenvalue weighted by Crippen LogP contribution is -1.98. The fourth-order valence-electron chi connectivity index (χ4n) is 1.65. The molecule has 0 fully saturated rings. The van der Waals surface area contributed by atoms with E-state index in [0.717, 1.165) is 18.4 Å². The lowest BCUT2D eigenvalue weighted by Gasteiger charge is -2.04. The van der Waals surface area contributed by atoms with Crippen LogP contribution in [0.5, 0.6) is 6.01 Å². The minimum absolute atomic E-state index is 0.360. The summed E-state index contributed by atoms with van der Waals surface area (Å²) in [4.78, 5) is 12.6. The van der Waals surface area contributed by atoms with Gasteiger partial charge in [0.15, 0.2) is 5.82 Å². The van der Waals surface area contributed by atoms with Gasteiger partial charge < -0.3 is 4.74 Å². The molecule has 1 aromatic heterocycles. The summed E-state index contributed by atoms with van der Waals surface area (Å²) in [5.74, 6) is 0.638. The van der Waals surface area contributed by atoms with E-state index in [9.17, 15) is 0 Å². The maximum absolute atomic E-state index is 5.56. The second-order valence-corrected chi connectivity index (χ2v) is 4.43. The van der Waals surface area contributed by atoms with Gasteiger partial charge in [-0.3, -0.25) is 0 Å². The number of ether oxygens (including phenoxy) is 1. The Hall–Kier alpha value is -2.23. The van der Waals surface area contributed by atoms with Crippen molar-refractivity contribution in [1.82, 2.24) is 9.97 Å². The number of nitrogens with zero attached hydrogens (tertiary/aromatic N) is 3. The molecule has 0 amide bonds. The number of benzene rings is 1. The van der Waals surface area contributed by atoms with Crippen molar-refractivity contribution in [3.05, 3.63) is 48.2 Å². The van der Waals surface area contributed by atoms with Crippen molar-refractivity contribution < 1.29 is 4.74 Å². The van der Waals surface area contributed by atoms with Crippen LogP contribution in [0.25, 0.3) is 0 Å². The van der Waals surface area contributed by atoms with Crippen LogP contribution in [0.1, 0.15) is 31.7 Å². The third-order valence-electron chi connectivity index (χ3n) is 2.74. The standard InChI is InChI=1S/C16H19N3O/c1-2-3-7-11-17-15-10-12-18-16(19-15)20-13-14-8-5-4-6-9-14/h4-6,8-12H,2-3,7,13H2,1H3/b17-11+. The van der Waals surface area contributed by atoms with Gasteiger partial charge in [-0.25, -0.2) is 9.98 Å². The van der Waals surface area contributed by atoms with Crippen LogP contribution in [0, 0.1) is 0 Å². The van der Waals surface area contributed by atoms with Gasteiger partial charge in [0.2, 0.25) is 0 Å². The molecule has 0 saturated carbocycles. The molecule has 0 atom stereocenters. The summed E-state index contributed by atoms with van der Waals surface area (Å²) in [6, 6.07) is 12.1. The Labute approximate surface area is 119 Å². The van der Waals surface area contributed by atoms with Crippen LogP contribution < -0.4 is 4.74 Å². The van der Waals surface area contributed by atoms with Gasteiger partial charge in [-0.2, -0.15) is 4.98 Å². The lowest BCUT2D eigenvalue weighted by molar-refractivity contribution is 0.281. The highest BCUT2D eigenvalue weighted by atomic mass is 16.5. The molecule has 0 aliphatic carbocycles. The highest BCUT2D eigenvalue weighted by Crippen LogP contribution is 2.12. The van der Waals surface area contributed by atoms with Crippen molar-refractivity contribution in [2.75, 3.05) is 0 Å². The Morgan fingerprint density at radius 3 is 2.85 bits per heavy atom. The normalized spacial score (nSPS) is 10.8. The Balaban J connectivity index is 1.90. The first kappa shape index (κ1) is 14.2. The topological polar surface area (TPSA) is 47.4 Å². The average Bonchev–Trinajstić information content (AvgIpc) is 2.51. The third-order valence-corrected chi connectivity index (χ3v) is 2.74. The highest BCUT2D eigenvalue weighted by Gasteiger charge is 1.99. The first-order valence-corrected chi connectivity index (χ1v) is 6.91. The number of unbranched alkanes of at least 4 members (excludes halogenated alkanes) is 2. The number of hydrogen-bond donors (Lipinski definition) is 0. The van der Waals surface area contributed by atoms with Crippen LogP contribution in [0.3, 0.4) is 0 Å². The van der Waals surface area contributed by atoms with Crippen molar-refractivity contribution >= 4 is 12.0 Å². The zero-order valence-corrected chi connectivity index (χ0v) is 11.7. The predicted molar refractivity (Wildman–Crippen MR) is 80.5 cm³/mol. The van der Waals surface area contributed by atoms with Crippen LogP contribution in [0.2, 0.25) is 0 Å². The van der Waals surface area contributed by atoms with E-state index >= 15 is 0 Å². The van der Waals surface area contributed by atoms with Gasteiger partial charge >= 0.3 is 6.01 Å². The van der Waals surface area contributed by atoms with Crippen LogP contribution in [0.15, 0.2) is 47.6 Å². The summed E-state index contributed by atoms with van der Waals surface area (Å²) >= 11 is 0. The van der Waals surface area contributed by atoms with Gasteiger partial charge in [0.05, 0.1) is 0 Å². The third kappa shape index (κ3) is 4.80.